The summed E-state index contributed by atoms with van der Waals surface area (Å²) >= 11 is 0. The smallest absolute Gasteiger partial charge is 0.410 e. The first-order chi connectivity index (χ1) is 9.78. The van der Waals surface area contributed by atoms with Crippen LogP contribution >= 0.6 is 0 Å². The van der Waals surface area contributed by atoms with Crippen LogP contribution in [-0.2, 0) is 11.3 Å². The van der Waals surface area contributed by atoms with Crippen LogP contribution < -0.4 is 5.32 Å². The molecule has 6 heteroatoms. The molecule has 1 N–H and O–H groups in total. The first-order valence-electron chi connectivity index (χ1n) is 7.35. The average Bonchev–Trinajstić information content (AvgIpc) is 2.80. The summed E-state index contributed by atoms with van der Waals surface area (Å²) in [7, 11) is 1.72. The molecule has 0 fully saturated rings. The summed E-state index contributed by atoms with van der Waals surface area (Å²) in [5, 5.41) is 7.06. The van der Waals surface area contributed by atoms with Gasteiger partial charge in [0.25, 0.3) is 0 Å². The van der Waals surface area contributed by atoms with Crippen molar-refractivity contribution in [3.8, 4) is 0 Å². The zero-order valence-electron chi connectivity index (χ0n) is 14.3. The van der Waals surface area contributed by atoms with Gasteiger partial charge in [-0.05, 0) is 27.7 Å². The maximum atomic E-state index is 11.7. The minimum absolute atomic E-state index is 0.313. The van der Waals surface area contributed by atoms with Gasteiger partial charge in [0.1, 0.15) is 11.4 Å². The van der Waals surface area contributed by atoms with Crippen molar-refractivity contribution in [2.75, 3.05) is 20.1 Å². The number of hydrogen-bond acceptors (Lipinski definition) is 5. The van der Waals surface area contributed by atoms with E-state index < -0.39 is 5.60 Å². The number of aromatic nitrogens is 1. The molecule has 0 aliphatic carbocycles. The third kappa shape index (κ3) is 9.07. The van der Waals surface area contributed by atoms with Gasteiger partial charge in [-0.3, -0.25) is 0 Å². The van der Waals surface area contributed by atoms with Crippen LogP contribution in [-0.4, -0.2) is 41.9 Å². The highest BCUT2D eigenvalue weighted by atomic mass is 16.6. The van der Waals surface area contributed by atoms with Gasteiger partial charge in [-0.15, -0.1) is 0 Å². The van der Waals surface area contributed by atoms with E-state index in [2.05, 4.69) is 10.5 Å². The molecule has 0 aliphatic heterocycles. The number of nitrogens with one attached hydrogen (secondary N) is 1. The quantitative estimate of drug-likeness (QED) is 0.847. The molecule has 1 rings (SSSR count). The molecular formula is C15H29N3O3. The molecule has 1 amide bonds. The lowest BCUT2D eigenvalue weighted by Gasteiger charge is -2.24. The zero-order chi connectivity index (χ0) is 16.5. The average molecular weight is 299 g/mol. The molecule has 21 heavy (non-hydrogen) atoms. The van der Waals surface area contributed by atoms with Gasteiger partial charge >= 0.3 is 6.09 Å². The van der Waals surface area contributed by atoms with Crippen LogP contribution in [0.3, 0.4) is 0 Å². The van der Waals surface area contributed by atoms with Gasteiger partial charge < -0.3 is 19.5 Å². The molecule has 0 bridgehead atoms. The summed E-state index contributed by atoms with van der Waals surface area (Å²) in [5.41, 5.74) is 0.397. The fourth-order valence-electron chi connectivity index (χ4n) is 1.40. The molecule has 0 atom stereocenters. The Morgan fingerprint density at radius 3 is 2.52 bits per heavy atom. The highest BCUT2D eigenvalue weighted by molar-refractivity contribution is 5.67. The van der Waals surface area contributed by atoms with Crippen molar-refractivity contribution in [2.45, 2.75) is 53.7 Å². The van der Waals surface area contributed by atoms with E-state index >= 15 is 0 Å². The van der Waals surface area contributed by atoms with Crippen LogP contribution in [0, 0.1) is 6.92 Å². The lowest BCUT2D eigenvalue weighted by Crippen LogP contribution is -2.37. The summed E-state index contributed by atoms with van der Waals surface area (Å²) in [6.45, 7) is 13.3. The van der Waals surface area contributed by atoms with E-state index in [0.29, 0.717) is 19.6 Å². The molecule has 0 aromatic carbocycles. The van der Waals surface area contributed by atoms with Crippen molar-refractivity contribution in [1.29, 1.82) is 0 Å². The lowest BCUT2D eigenvalue weighted by molar-refractivity contribution is 0.0300. The van der Waals surface area contributed by atoms with Crippen molar-refractivity contribution in [2.24, 2.45) is 0 Å². The van der Waals surface area contributed by atoms with Crippen molar-refractivity contribution in [3.63, 3.8) is 0 Å². The number of likely N-dealkylation sites (N-methyl/N-ethyl adjacent to an activating group) is 1. The fourth-order valence-corrected chi connectivity index (χ4v) is 1.40. The number of hydrogen-bond donors (Lipinski definition) is 1. The molecule has 0 aliphatic rings. The molecule has 1 heterocycles. The van der Waals surface area contributed by atoms with E-state index in [-0.39, 0.29) is 6.09 Å². The molecule has 1 aromatic rings. The SMILES string of the molecule is CC.Cc1cc(CNCCN(C)C(=O)OC(C)(C)C)no1. The normalized spacial score (nSPS) is 10.6. The third-order valence-corrected chi connectivity index (χ3v) is 2.31. The molecule has 6 nitrogen and oxygen atoms in total. The predicted molar refractivity (Wildman–Crippen MR) is 83.2 cm³/mol. The maximum absolute atomic E-state index is 11.7. The van der Waals surface area contributed by atoms with E-state index in [0.717, 1.165) is 11.5 Å². The van der Waals surface area contributed by atoms with Crippen LogP contribution in [0.15, 0.2) is 10.6 Å². The first kappa shape index (κ1) is 19.4. The lowest BCUT2D eigenvalue weighted by atomic mass is 10.2. The number of amides is 1. The van der Waals surface area contributed by atoms with Gasteiger partial charge in [0.2, 0.25) is 0 Å². The highest BCUT2D eigenvalue weighted by Crippen LogP contribution is 2.08. The predicted octanol–water partition coefficient (Wildman–Crippen LogP) is 2.97. The van der Waals surface area contributed by atoms with Crippen LogP contribution in [0.1, 0.15) is 46.1 Å². The Morgan fingerprint density at radius 1 is 1.43 bits per heavy atom. The van der Waals surface area contributed by atoms with Crippen LogP contribution in [0.25, 0.3) is 0 Å². The third-order valence-electron chi connectivity index (χ3n) is 2.31. The second-order valence-electron chi connectivity index (χ2n) is 5.51. The molecule has 0 saturated carbocycles. The van der Waals surface area contributed by atoms with Gasteiger partial charge in [-0.2, -0.15) is 0 Å². The van der Waals surface area contributed by atoms with E-state index in [9.17, 15) is 4.79 Å². The monoisotopic (exact) mass is 299 g/mol. The molecule has 122 valence electrons. The topological polar surface area (TPSA) is 67.6 Å². The van der Waals surface area contributed by atoms with Gasteiger partial charge in [0.15, 0.2) is 0 Å². The second kappa shape index (κ2) is 9.39. The van der Waals surface area contributed by atoms with Crippen LogP contribution in [0.2, 0.25) is 0 Å². The number of carbonyl (C=O) groups is 1. The molecule has 0 spiro atoms. The van der Waals surface area contributed by atoms with Gasteiger partial charge in [0, 0.05) is 32.7 Å². The Bertz CT molecular complexity index is 411. The Morgan fingerprint density at radius 2 is 2.05 bits per heavy atom. The van der Waals surface area contributed by atoms with E-state index in [1.165, 1.54) is 0 Å². The Balaban J connectivity index is 0.00000191. The number of carbonyl (C=O) groups excluding carboxylic acids is 1. The Labute approximate surface area is 127 Å². The second-order valence-corrected chi connectivity index (χ2v) is 5.51. The standard InChI is InChI=1S/C13H23N3O3.C2H6/c1-10-8-11(15-19-10)9-14-6-7-16(5)12(17)18-13(2,3)4;1-2/h8,14H,6-7,9H2,1-5H3;1-2H3. The summed E-state index contributed by atoms with van der Waals surface area (Å²) in [4.78, 5) is 13.2. The largest absolute Gasteiger partial charge is 0.444 e. The first-order valence-corrected chi connectivity index (χ1v) is 7.35. The van der Waals surface area contributed by atoms with Gasteiger partial charge in [0.05, 0.1) is 5.69 Å². The summed E-state index contributed by atoms with van der Waals surface area (Å²) in [5.74, 6) is 0.794. The molecule has 0 radical (unpaired) electrons. The van der Waals surface area contributed by atoms with Crippen molar-refractivity contribution in [3.05, 3.63) is 17.5 Å². The highest BCUT2D eigenvalue weighted by Gasteiger charge is 2.18. The summed E-state index contributed by atoms with van der Waals surface area (Å²) in [6.07, 6.45) is -0.313. The van der Waals surface area contributed by atoms with Crippen LogP contribution in [0.5, 0.6) is 0 Å². The van der Waals surface area contributed by atoms with Crippen molar-refractivity contribution in [1.82, 2.24) is 15.4 Å². The molecule has 0 saturated heterocycles. The van der Waals surface area contributed by atoms with Crippen molar-refractivity contribution >= 4 is 6.09 Å². The molecular weight excluding hydrogens is 270 g/mol. The Hall–Kier alpha value is -1.56. The summed E-state index contributed by atoms with van der Waals surface area (Å²) in [6, 6.07) is 1.88. The van der Waals surface area contributed by atoms with E-state index in [1.807, 2.05) is 47.6 Å². The van der Waals surface area contributed by atoms with E-state index in [4.69, 9.17) is 9.26 Å². The fraction of sp³-hybridized carbons (Fsp3) is 0.733. The van der Waals surface area contributed by atoms with Crippen LogP contribution in [0.4, 0.5) is 4.79 Å². The number of aryl methyl sites for hydroxylation is 1. The maximum Gasteiger partial charge on any atom is 0.410 e. The van der Waals surface area contributed by atoms with E-state index in [1.54, 1.807) is 11.9 Å². The molecule has 0 unspecified atom stereocenters. The van der Waals surface area contributed by atoms with Crippen molar-refractivity contribution < 1.29 is 14.1 Å². The summed E-state index contributed by atoms with van der Waals surface area (Å²) < 4.78 is 10.2. The minimum Gasteiger partial charge on any atom is -0.444 e. The molecule has 1 aromatic heterocycles. The number of ether oxygens (including phenoxy) is 1. The Kier molecular flexibility index (Phi) is 8.69. The zero-order valence-corrected chi connectivity index (χ0v) is 14.3. The number of rotatable bonds is 5. The van der Waals surface area contributed by atoms with Gasteiger partial charge in [-0.1, -0.05) is 19.0 Å². The van der Waals surface area contributed by atoms with Gasteiger partial charge in [-0.25, -0.2) is 4.79 Å². The minimum atomic E-state index is -0.461. The number of nitrogens with zero attached hydrogens (tertiary/aromatic N) is 2.